The van der Waals surface area contributed by atoms with Gasteiger partial charge in [0.1, 0.15) is 6.04 Å². The molecule has 0 aromatic heterocycles. The summed E-state index contributed by atoms with van der Waals surface area (Å²) >= 11 is 0. The minimum Gasteiger partial charge on any atom is -0.480 e. The maximum Gasteiger partial charge on any atom is 0.326 e. The van der Waals surface area contributed by atoms with Crippen molar-refractivity contribution in [1.29, 1.82) is 0 Å². The standard InChI is InChI=1S/C13H24N2O4/c1-9(2)7-10(11(16)17)15-12(18)13(8-14)3-5-19-6-4-13/h9-10H,3-8,14H2,1-2H3,(H,15,18)(H,16,17)/t10-/m1/s1. The minimum absolute atomic E-state index is 0.199. The van der Waals surface area contributed by atoms with Crippen LogP contribution in [0.4, 0.5) is 0 Å². The van der Waals surface area contributed by atoms with Crippen molar-refractivity contribution in [2.75, 3.05) is 19.8 Å². The third-order valence-corrected chi connectivity index (χ3v) is 3.63. The molecule has 6 heteroatoms. The second-order valence-electron chi connectivity index (χ2n) is 5.59. The zero-order valence-electron chi connectivity index (χ0n) is 11.6. The van der Waals surface area contributed by atoms with Crippen molar-refractivity contribution in [1.82, 2.24) is 5.32 Å². The molecule has 0 aromatic rings. The topological polar surface area (TPSA) is 102 Å². The van der Waals surface area contributed by atoms with Crippen LogP contribution in [0, 0.1) is 11.3 Å². The second kappa shape index (κ2) is 6.86. The van der Waals surface area contributed by atoms with Gasteiger partial charge in [0.15, 0.2) is 0 Å². The van der Waals surface area contributed by atoms with Crippen molar-refractivity contribution in [2.24, 2.45) is 17.1 Å². The monoisotopic (exact) mass is 272 g/mol. The van der Waals surface area contributed by atoms with Crippen LogP contribution < -0.4 is 11.1 Å². The first-order valence-corrected chi connectivity index (χ1v) is 6.73. The van der Waals surface area contributed by atoms with E-state index in [1.807, 2.05) is 13.8 Å². The molecule has 1 aliphatic heterocycles. The number of rotatable bonds is 6. The highest BCUT2D eigenvalue weighted by Gasteiger charge is 2.40. The fraction of sp³-hybridized carbons (Fsp3) is 0.846. The van der Waals surface area contributed by atoms with Crippen LogP contribution in [-0.2, 0) is 14.3 Å². The lowest BCUT2D eigenvalue weighted by atomic mass is 9.79. The van der Waals surface area contributed by atoms with Crippen molar-refractivity contribution in [3.63, 3.8) is 0 Å². The van der Waals surface area contributed by atoms with Crippen LogP contribution in [-0.4, -0.2) is 42.8 Å². The SMILES string of the molecule is CC(C)C[C@@H](NC(=O)C1(CN)CCOCC1)C(=O)O. The van der Waals surface area contributed by atoms with Gasteiger partial charge in [-0.05, 0) is 25.2 Å². The number of carbonyl (C=O) groups is 2. The second-order valence-corrected chi connectivity index (χ2v) is 5.59. The molecule has 0 aliphatic carbocycles. The summed E-state index contributed by atoms with van der Waals surface area (Å²) in [6.45, 7) is 5.06. The fourth-order valence-corrected chi connectivity index (χ4v) is 2.29. The molecule has 0 spiro atoms. The molecule has 0 aromatic carbocycles. The Morgan fingerprint density at radius 2 is 1.95 bits per heavy atom. The molecule has 1 rings (SSSR count). The Morgan fingerprint density at radius 3 is 2.37 bits per heavy atom. The van der Waals surface area contributed by atoms with Crippen molar-refractivity contribution < 1.29 is 19.4 Å². The van der Waals surface area contributed by atoms with Crippen LogP contribution in [0.25, 0.3) is 0 Å². The molecule has 6 nitrogen and oxygen atoms in total. The Hall–Kier alpha value is -1.14. The molecule has 1 aliphatic rings. The average Bonchev–Trinajstić information content (AvgIpc) is 2.38. The molecule has 1 fully saturated rings. The van der Waals surface area contributed by atoms with E-state index in [1.54, 1.807) is 0 Å². The molecule has 0 unspecified atom stereocenters. The molecule has 1 atom stereocenters. The van der Waals surface area contributed by atoms with Gasteiger partial charge >= 0.3 is 5.97 Å². The highest BCUT2D eigenvalue weighted by Crippen LogP contribution is 2.29. The summed E-state index contributed by atoms with van der Waals surface area (Å²) in [6, 6.07) is -0.848. The Balaban J connectivity index is 2.71. The lowest BCUT2D eigenvalue weighted by Gasteiger charge is -2.35. The molecule has 1 heterocycles. The quantitative estimate of drug-likeness (QED) is 0.648. The Bertz CT molecular complexity index is 325. The maximum absolute atomic E-state index is 12.3. The first-order valence-electron chi connectivity index (χ1n) is 6.73. The number of carbonyl (C=O) groups excluding carboxylic acids is 1. The molecule has 4 N–H and O–H groups in total. The zero-order chi connectivity index (χ0) is 14.5. The molecular formula is C13H24N2O4. The highest BCUT2D eigenvalue weighted by molar-refractivity contribution is 5.87. The molecule has 1 saturated heterocycles. The normalized spacial score (nSPS) is 20.0. The van der Waals surface area contributed by atoms with E-state index in [2.05, 4.69) is 5.32 Å². The summed E-state index contributed by atoms with van der Waals surface area (Å²) in [7, 11) is 0. The van der Waals surface area contributed by atoms with Crippen LogP contribution in [0.5, 0.6) is 0 Å². The summed E-state index contributed by atoms with van der Waals surface area (Å²) < 4.78 is 5.24. The van der Waals surface area contributed by atoms with Gasteiger partial charge in [-0.2, -0.15) is 0 Å². The van der Waals surface area contributed by atoms with Gasteiger partial charge in [0.25, 0.3) is 0 Å². The van der Waals surface area contributed by atoms with Gasteiger partial charge in [0.05, 0.1) is 5.41 Å². The summed E-state index contributed by atoms with van der Waals surface area (Å²) in [6.07, 6.45) is 1.50. The van der Waals surface area contributed by atoms with Crippen molar-refractivity contribution >= 4 is 11.9 Å². The summed E-state index contributed by atoms with van der Waals surface area (Å²) in [4.78, 5) is 23.5. The van der Waals surface area contributed by atoms with Crippen molar-refractivity contribution in [3.05, 3.63) is 0 Å². The van der Waals surface area contributed by atoms with E-state index in [9.17, 15) is 9.59 Å². The molecule has 19 heavy (non-hydrogen) atoms. The van der Waals surface area contributed by atoms with Gasteiger partial charge in [-0.15, -0.1) is 0 Å². The Morgan fingerprint density at radius 1 is 1.37 bits per heavy atom. The van der Waals surface area contributed by atoms with Gasteiger partial charge in [-0.25, -0.2) is 4.79 Å². The van der Waals surface area contributed by atoms with Gasteiger partial charge < -0.3 is 20.9 Å². The third-order valence-electron chi connectivity index (χ3n) is 3.63. The van der Waals surface area contributed by atoms with Crippen LogP contribution in [0.1, 0.15) is 33.1 Å². The van der Waals surface area contributed by atoms with Gasteiger partial charge in [-0.1, -0.05) is 13.8 Å². The molecule has 0 radical (unpaired) electrons. The van der Waals surface area contributed by atoms with E-state index in [1.165, 1.54) is 0 Å². The first-order chi connectivity index (χ1) is 8.91. The number of hydrogen-bond acceptors (Lipinski definition) is 4. The molecule has 110 valence electrons. The fourth-order valence-electron chi connectivity index (χ4n) is 2.29. The minimum atomic E-state index is -0.999. The molecule has 0 saturated carbocycles. The van der Waals surface area contributed by atoms with E-state index in [0.717, 1.165) is 0 Å². The largest absolute Gasteiger partial charge is 0.480 e. The number of carboxylic acids is 1. The van der Waals surface area contributed by atoms with Gasteiger partial charge in [0.2, 0.25) is 5.91 Å². The number of aliphatic carboxylic acids is 1. The number of hydrogen-bond donors (Lipinski definition) is 3. The van der Waals surface area contributed by atoms with Crippen LogP contribution in [0.15, 0.2) is 0 Å². The Labute approximate surface area is 113 Å². The number of carboxylic acid groups (broad SMARTS) is 1. The smallest absolute Gasteiger partial charge is 0.326 e. The van der Waals surface area contributed by atoms with Gasteiger partial charge in [-0.3, -0.25) is 4.79 Å². The summed E-state index contributed by atoms with van der Waals surface area (Å²) in [5.74, 6) is -1.06. The third kappa shape index (κ3) is 4.18. The lowest BCUT2D eigenvalue weighted by molar-refractivity contribution is -0.146. The predicted molar refractivity (Wildman–Crippen MR) is 70.6 cm³/mol. The van der Waals surface area contributed by atoms with Crippen LogP contribution >= 0.6 is 0 Å². The van der Waals surface area contributed by atoms with Crippen molar-refractivity contribution in [2.45, 2.75) is 39.2 Å². The van der Waals surface area contributed by atoms with Crippen molar-refractivity contribution in [3.8, 4) is 0 Å². The first kappa shape index (κ1) is 15.9. The highest BCUT2D eigenvalue weighted by atomic mass is 16.5. The Kier molecular flexibility index (Phi) is 5.75. The predicted octanol–water partition coefficient (Wildman–Crippen LogP) is 0.357. The number of amides is 1. The van der Waals surface area contributed by atoms with E-state index >= 15 is 0 Å². The number of ether oxygens (including phenoxy) is 1. The zero-order valence-corrected chi connectivity index (χ0v) is 11.6. The van der Waals surface area contributed by atoms with E-state index in [-0.39, 0.29) is 18.4 Å². The molecule has 0 bridgehead atoms. The average molecular weight is 272 g/mol. The maximum atomic E-state index is 12.3. The van der Waals surface area contributed by atoms with Crippen LogP contribution in [0.2, 0.25) is 0 Å². The van der Waals surface area contributed by atoms with Crippen LogP contribution in [0.3, 0.4) is 0 Å². The van der Waals surface area contributed by atoms with Gasteiger partial charge in [0, 0.05) is 19.8 Å². The summed E-state index contributed by atoms with van der Waals surface area (Å²) in [5.41, 5.74) is 5.05. The number of nitrogens with one attached hydrogen (secondary N) is 1. The number of nitrogens with two attached hydrogens (primary N) is 1. The molecule has 1 amide bonds. The lowest BCUT2D eigenvalue weighted by Crippen LogP contribution is -2.53. The van der Waals surface area contributed by atoms with E-state index in [0.29, 0.717) is 32.5 Å². The van der Waals surface area contributed by atoms with E-state index in [4.69, 9.17) is 15.6 Å². The molecular weight excluding hydrogens is 248 g/mol. The van der Waals surface area contributed by atoms with E-state index < -0.39 is 17.4 Å². The summed E-state index contributed by atoms with van der Waals surface area (Å²) in [5, 5.41) is 11.8.